The molecule has 0 aliphatic heterocycles. The number of ether oxygens (including phenoxy) is 1. The Kier molecular flexibility index (Phi) is 6.88. The molecule has 1 saturated carbocycles. The molecule has 3 aromatic heterocycles. The molecule has 3 heterocycles. The number of anilines is 1. The number of nitrogens with one attached hydrogen (secondary N) is 2. The van der Waals surface area contributed by atoms with E-state index in [0.717, 1.165) is 31.2 Å². The van der Waals surface area contributed by atoms with Crippen molar-refractivity contribution in [2.75, 3.05) is 19.4 Å². The first-order chi connectivity index (χ1) is 16.7. The molecule has 2 amide bonds. The molecule has 6 N–H and O–H groups in total. The Bertz CT molecular complexity index is 1230. The highest BCUT2D eigenvalue weighted by atomic mass is 16.5. The molecule has 0 aromatic carbocycles. The van der Waals surface area contributed by atoms with Gasteiger partial charge in [0, 0.05) is 36.5 Å². The number of pyridine rings is 1. The number of carbonyl (C=O) groups excluding carboxylic acids is 2. The minimum Gasteiger partial charge on any atom is -0.481 e. The second kappa shape index (κ2) is 9.87. The highest BCUT2D eigenvalue weighted by molar-refractivity contribution is 6.05. The van der Waals surface area contributed by atoms with Gasteiger partial charge >= 0.3 is 0 Å². The third-order valence-corrected chi connectivity index (χ3v) is 6.59. The van der Waals surface area contributed by atoms with Crippen molar-refractivity contribution in [3.63, 3.8) is 0 Å². The van der Waals surface area contributed by atoms with E-state index in [1.165, 1.54) is 6.33 Å². The molecule has 35 heavy (non-hydrogen) atoms. The minimum absolute atomic E-state index is 0.0107. The van der Waals surface area contributed by atoms with Crippen LogP contribution in [0.15, 0.2) is 30.7 Å². The molecule has 1 aliphatic rings. The molecule has 0 spiro atoms. The van der Waals surface area contributed by atoms with E-state index in [-0.39, 0.29) is 36.3 Å². The van der Waals surface area contributed by atoms with Crippen LogP contribution in [0.25, 0.3) is 16.8 Å². The number of nitrogens with two attached hydrogens (primary N) is 2. The van der Waals surface area contributed by atoms with Gasteiger partial charge in [0.2, 0.25) is 11.8 Å². The molecule has 4 rings (SSSR count). The van der Waals surface area contributed by atoms with E-state index < -0.39 is 5.41 Å². The summed E-state index contributed by atoms with van der Waals surface area (Å²) in [4.78, 5) is 34.0. The highest BCUT2D eigenvalue weighted by Gasteiger charge is 2.30. The van der Waals surface area contributed by atoms with Crippen LogP contribution in [0.1, 0.15) is 49.9 Å². The number of hydrogen-bond acceptors (Lipinski definition) is 8. The maximum absolute atomic E-state index is 13.3. The van der Waals surface area contributed by atoms with Gasteiger partial charge in [0.05, 0.1) is 23.8 Å². The predicted molar refractivity (Wildman–Crippen MR) is 132 cm³/mol. The fraction of sp³-hybridized carbons (Fsp3) is 0.458. The molecular weight excluding hydrogens is 448 g/mol. The highest BCUT2D eigenvalue weighted by Crippen LogP contribution is 2.29. The summed E-state index contributed by atoms with van der Waals surface area (Å²) in [5.74, 6) is 0.382. The molecule has 0 atom stereocenters. The topological polar surface area (TPSA) is 163 Å². The smallest absolute Gasteiger partial charge is 0.253 e. The lowest BCUT2D eigenvalue weighted by atomic mass is 9.88. The predicted octanol–water partition coefficient (Wildman–Crippen LogP) is 1.52. The van der Waals surface area contributed by atoms with Crippen LogP contribution in [0.3, 0.4) is 0 Å². The number of rotatable bonds is 7. The van der Waals surface area contributed by atoms with Crippen LogP contribution in [-0.2, 0) is 4.79 Å². The number of nitrogen functional groups attached to an aromatic ring is 1. The van der Waals surface area contributed by atoms with Crippen molar-refractivity contribution < 1.29 is 14.3 Å². The number of aromatic nitrogens is 4. The zero-order valence-electron chi connectivity index (χ0n) is 20.2. The van der Waals surface area contributed by atoms with Crippen molar-refractivity contribution in [2.24, 2.45) is 11.1 Å². The Balaban J connectivity index is 1.50. The molecule has 11 nitrogen and oxygen atoms in total. The standard InChI is InChI=1S/C24H32N8O3/c1-24(2,12-25)23(34)31-16-6-4-15(5-7-16)30-22(33)17-11-18(14-8-9-27-19(10-14)35-3)32-20(17)21(26)28-13-29-32/h8-11,13,15-16H,4-7,12,25H2,1-3H3,(H,30,33)(H,31,34)(H2,26,28,29). The van der Waals surface area contributed by atoms with E-state index in [2.05, 4.69) is 25.7 Å². The first-order valence-electron chi connectivity index (χ1n) is 11.7. The van der Waals surface area contributed by atoms with Gasteiger partial charge in [-0.25, -0.2) is 14.5 Å². The largest absolute Gasteiger partial charge is 0.481 e. The lowest BCUT2D eigenvalue weighted by Gasteiger charge is -2.32. The van der Waals surface area contributed by atoms with Gasteiger partial charge < -0.3 is 26.8 Å². The van der Waals surface area contributed by atoms with Crippen molar-refractivity contribution in [1.82, 2.24) is 30.2 Å². The summed E-state index contributed by atoms with van der Waals surface area (Å²) >= 11 is 0. The maximum atomic E-state index is 13.3. The van der Waals surface area contributed by atoms with Crippen LogP contribution in [0.5, 0.6) is 5.88 Å². The van der Waals surface area contributed by atoms with E-state index in [4.69, 9.17) is 16.2 Å². The van der Waals surface area contributed by atoms with E-state index >= 15 is 0 Å². The second-order valence-corrected chi connectivity index (χ2v) is 9.52. The van der Waals surface area contributed by atoms with Gasteiger partial charge in [-0.15, -0.1) is 0 Å². The molecule has 0 saturated heterocycles. The van der Waals surface area contributed by atoms with Crippen LogP contribution in [0, 0.1) is 5.41 Å². The van der Waals surface area contributed by atoms with Gasteiger partial charge in [0.15, 0.2) is 5.82 Å². The molecule has 1 fully saturated rings. The summed E-state index contributed by atoms with van der Waals surface area (Å²) in [5, 5.41) is 10.5. The molecule has 1 aliphatic carbocycles. The fourth-order valence-corrected chi connectivity index (χ4v) is 4.25. The summed E-state index contributed by atoms with van der Waals surface area (Å²) < 4.78 is 6.84. The Morgan fingerprint density at radius 1 is 1.14 bits per heavy atom. The number of amides is 2. The number of methoxy groups -OCH3 is 1. The van der Waals surface area contributed by atoms with Gasteiger partial charge in [-0.05, 0) is 51.7 Å². The Morgan fingerprint density at radius 3 is 2.49 bits per heavy atom. The first-order valence-corrected chi connectivity index (χ1v) is 11.7. The molecule has 11 heteroatoms. The summed E-state index contributed by atoms with van der Waals surface area (Å²) in [7, 11) is 1.54. The zero-order chi connectivity index (χ0) is 25.2. The Labute approximate surface area is 203 Å². The zero-order valence-corrected chi connectivity index (χ0v) is 20.2. The van der Waals surface area contributed by atoms with Crippen LogP contribution in [-0.4, -0.2) is 57.1 Å². The summed E-state index contributed by atoms with van der Waals surface area (Å²) in [6.07, 6.45) is 6.05. The normalized spacial score (nSPS) is 18.3. The van der Waals surface area contributed by atoms with E-state index in [1.807, 2.05) is 19.9 Å². The molecule has 0 unspecified atom stereocenters. The lowest BCUT2D eigenvalue weighted by molar-refractivity contribution is -0.129. The van der Waals surface area contributed by atoms with Gasteiger partial charge in [0.1, 0.15) is 11.8 Å². The average molecular weight is 481 g/mol. The Hall–Kier alpha value is -3.73. The molecule has 186 valence electrons. The van der Waals surface area contributed by atoms with Crippen LogP contribution in [0.4, 0.5) is 5.82 Å². The number of fused-ring (bicyclic) bond motifs is 1. The third kappa shape index (κ3) is 5.04. The average Bonchev–Trinajstić information content (AvgIpc) is 3.26. The molecule has 0 bridgehead atoms. The van der Waals surface area contributed by atoms with Crippen molar-refractivity contribution in [2.45, 2.75) is 51.6 Å². The minimum atomic E-state index is -0.597. The maximum Gasteiger partial charge on any atom is 0.253 e. The second-order valence-electron chi connectivity index (χ2n) is 9.52. The first kappa shape index (κ1) is 24.4. The number of carbonyl (C=O) groups is 2. The number of hydrogen-bond donors (Lipinski definition) is 4. The van der Waals surface area contributed by atoms with E-state index in [9.17, 15) is 9.59 Å². The Morgan fingerprint density at radius 2 is 1.83 bits per heavy atom. The summed E-state index contributed by atoms with van der Waals surface area (Å²) in [6, 6.07) is 5.40. The van der Waals surface area contributed by atoms with Crippen molar-refractivity contribution in [1.29, 1.82) is 0 Å². The third-order valence-electron chi connectivity index (χ3n) is 6.59. The SMILES string of the molecule is COc1cc(-c2cc(C(=O)NC3CCC(NC(=O)C(C)(C)CN)CC3)c3c(N)ncnn23)ccn1. The quantitative estimate of drug-likeness (QED) is 0.395. The van der Waals surface area contributed by atoms with Gasteiger partial charge in [0.25, 0.3) is 5.91 Å². The summed E-state index contributed by atoms with van der Waals surface area (Å²) in [6.45, 7) is 3.96. The lowest BCUT2D eigenvalue weighted by Crippen LogP contribution is -2.49. The monoisotopic (exact) mass is 480 g/mol. The summed E-state index contributed by atoms with van der Waals surface area (Å²) in [5.41, 5.74) is 13.6. The van der Waals surface area contributed by atoms with Crippen LogP contribution >= 0.6 is 0 Å². The van der Waals surface area contributed by atoms with Crippen molar-refractivity contribution in [3.05, 3.63) is 36.3 Å². The van der Waals surface area contributed by atoms with Gasteiger partial charge in [-0.1, -0.05) is 0 Å². The van der Waals surface area contributed by atoms with Crippen molar-refractivity contribution in [3.8, 4) is 17.1 Å². The van der Waals surface area contributed by atoms with E-state index in [0.29, 0.717) is 22.7 Å². The molecular formula is C24H32N8O3. The van der Waals surface area contributed by atoms with Gasteiger partial charge in [-0.2, -0.15) is 5.10 Å². The fourth-order valence-electron chi connectivity index (χ4n) is 4.25. The van der Waals surface area contributed by atoms with Gasteiger partial charge in [-0.3, -0.25) is 9.59 Å². The molecule has 0 radical (unpaired) electrons. The number of nitrogens with zero attached hydrogens (tertiary/aromatic N) is 4. The van der Waals surface area contributed by atoms with E-state index in [1.54, 1.807) is 30.0 Å². The molecule has 3 aromatic rings. The van der Waals surface area contributed by atoms with Crippen molar-refractivity contribution >= 4 is 23.1 Å². The van der Waals surface area contributed by atoms with Crippen LogP contribution in [0.2, 0.25) is 0 Å². The van der Waals surface area contributed by atoms with Crippen LogP contribution < -0.4 is 26.8 Å².